The van der Waals surface area contributed by atoms with Gasteiger partial charge in [0.15, 0.2) is 11.6 Å². The van der Waals surface area contributed by atoms with E-state index in [1.54, 1.807) is 22.8 Å². The molecule has 0 amide bonds. The minimum atomic E-state index is -5.29. The van der Waals surface area contributed by atoms with Gasteiger partial charge in [0.25, 0.3) is 0 Å². The van der Waals surface area contributed by atoms with Crippen LogP contribution in [0.15, 0.2) is 224 Å². The fourth-order valence-corrected chi connectivity index (χ4v) is 10.3. The van der Waals surface area contributed by atoms with E-state index < -0.39 is 58.1 Å². The second-order valence-corrected chi connectivity index (χ2v) is 19.4. The lowest BCUT2D eigenvalue weighted by Crippen LogP contribution is -2.12. The van der Waals surface area contributed by atoms with Crippen molar-refractivity contribution in [3.8, 4) is 95.7 Å². The molecule has 0 saturated heterocycles. The molecule has 0 unspecified atom stereocenters. The molecule has 0 bridgehead atoms. The second-order valence-electron chi connectivity index (χ2n) is 19.4. The van der Waals surface area contributed by atoms with Crippen molar-refractivity contribution in [2.75, 3.05) is 0 Å². The molecule has 17 heteroatoms. The summed E-state index contributed by atoms with van der Waals surface area (Å²) in [4.78, 5) is 20.5. The summed E-state index contributed by atoms with van der Waals surface area (Å²) in [5.74, 6) is 0.443. The van der Waals surface area contributed by atoms with Crippen LogP contribution in [-0.4, -0.2) is 24.5 Å². The van der Waals surface area contributed by atoms with Crippen LogP contribution in [0.3, 0.4) is 0 Å². The lowest BCUT2D eigenvalue weighted by molar-refractivity contribution is -0.144. The van der Waals surface area contributed by atoms with Crippen LogP contribution >= 0.6 is 0 Å². The molecule has 0 aliphatic carbocycles. The van der Waals surface area contributed by atoms with Crippen molar-refractivity contribution in [2.45, 2.75) is 24.7 Å². The number of rotatable bonds is 9. The summed E-state index contributed by atoms with van der Waals surface area (Å²) < 4.78 is 175. The quantitative estimate of drug-likeness (QED) is 0.135. The summed E-state index contributed by atoms with van der Waals surface area (Å²) in [7, 11) is 0. The average Bonchev–Trinajstić information content (AvgIpc) is 2.02. The maximum absolute atomic E-state index is 14.9. The zero-order chi connectivity index (χ0) is 58.0. The maximum Gasteiger partial charge on any atom is 0.417 e. The van der Waals surface area contributed by atoms with Gasteiger partial charge in [-0.1, -0.05) is 146 Å². The lowest BCUT2D eigenvalue weighted by Gasteiger charge is -2.18. The van der Waals surface area contributed by atoms with E-state index in [1.165, 1.54) is 36.4 Å². The Hall–Kier alpha value is -9.90. The van der Waals surface area contributed by atoms with Crippen molar-refractivity contribution in [3.63, 3.8) is 0 Å². The van der Waals surface area contributed by atoms with Crippen LogP contribution in [0.5, 0.6) is 0 Å². The zero-order valence-electron chi connectivity index (χ0n) is 42.6. The molecule has 5 nitrogen and oxygen atoms in total. The molecule has 3 aromatic heterocycles. The van der Waals surface area contributed by atoms with Crippen LogP contribution in [0.1, 0.15) is 22.3 Å². The Labute approximate surface area is 464 Å². The van der Waals surface area contributed by atoms with E-state index in [0.29, 0.717) is 63.9 Å². The molecule has 3 heterocycles. The Balaban J connectivity index is 1.17. The predicted octanol–water partition coefficient (Wildman–Crippen LogP) is 19.8. The van der Waals surface area contributed by atoms with E-state index in [1.807, 2.05) is 133 Å². The Morgan fingerprint density at radius 2 is 0.614 bits per heavy atom. The van der Waals surface area contributed by atoms with Crippen molar-refractivity contribution in [1.29, 1.82) is 0 Å². The standard InChI is InChI=1S/C66H37F12N5/c67-63(68,69)45-24-26-47(52(34-45)65(73,74)75)42-21-28-58-49(31-42)50-32-43(48-27-25-46(64(70,71)72)35-53(48)66(76,77)78)22-29-59(50)83(58)60-30-23-44(61-79-54(38-13-5-1-6-14-38)36-55(80-61)39-15-7-2-8-16-39)33-51(60)62-81-56(40-17-9-3-10-18-40)37-57(82-62)41-19-11-4-12-20-41/h1-37H. The first kappa shape index (κ1) is 53.7. The largest absolute Gasteiger partial charge is 0.417 e. The molecule has 0 spiro atoms. The summed E-state index contributed by atoms with van der Waals surface area (Å²) in [5.41, 5.74) is -1.16. The van der Waals surface area contributed by atoms with Gasteiger partial charge in [-0.15, -0.1) is 0 Å². The molecule has 0 N–H and O–H groups in total. The number of aromatic nitrogens is 5. The van der Waals surface area contributed by atoms with Crippen molar-refractivity contribution in [2.24, 2.45) is 0 Å². The van der Waals surface area contributed by atoms with E-state index in [4.69, 9.17) is 19.9 Å². The molecule has 12 rings (SSSR count). The molecule has 0 radical (unpaired) electrons. The maximum atomic E-state index is 14.9. The highest BCUT2D eigenvalue weighted by atomic mass is 19.4. The van der Waals surface area contributed by atoms with Crippen LogP contribution in [0.4, 0.5) is 52.7 Å². The first-order valence-corrected chi connectivity index (χ1v) is 25.5. The normalized spacial score (nSPS) is 12.3. The molecule has 12 aromatic rings. The fraction of sp³-hybridized carbons (Fsp3) is 0.0606. The number of alkyl halides is 12. The minimum absolute atomic E-state index is 0.00729. The van der Waals surface area contributed by atoms with Gasteiger partial charge in [0.05, 0.1) is 61.8 Å². The van der Waals surface area contributed by atoms with E-state index in [9.17, 15) is 52.7 Å². The molecule has 0 aliphatic heterocycles. The van der Waals surface area contributed by atoms with Crippen LogP contribution in [0, 0.1) is 0 Å². The summed E-state index contributed by atoms with van der Waals surface area (Å²) >= 11 is 0. The van der Waals surface area contributed by atoms with E-state index >= 15 is 0 Å². The average molecular weight is 1130 g/mol. The molecule has 0 fully saturated rings. The third-order valence-corrected chi connectivity index (χ3v) is 14.2. The lowest BCUT2D eigenvalue weighted by atomic mass is 9.94. The Morgan fingerprint density at radius 3 is 0.964 bits per heavy atom. The van der Waals surface area contributed by atoms with Crippen LogP contribution in [-0.2, 0) is 24.7 Å². The Kier molecular flexibility index (Phi) is 13.3. The summed E-state index contributed by atoms with van der Waals surface area (Å²) in [6, 6.07) is 56.9. The molecule has 0 aliphatic rings. The topological polar surface area (TPSA) is 56.5 Å². The monoisotopic (exact) mass is 1130 g/mol. The van der Waals surface area contributed by atoms with Gasteiger partial charge < -0.3 is 4.57 Å². The predicted molar refractivity (Wildman–Crippen MR) is 295 cm³/mol. The van der Waals surface area contributed by atoms with Crippen molar-refractivity contribution in [1.82, 2.24) is 24.5 Å². The molecule has 9 aromatic carbocycles. The van der Waals surface area contributed by atoms with Crippen molar-refractivity contribution in [3.05, 3.63) is 247 Å². The highest BCUT2D eigenvalue weighted by Crippen LogP contribution is 2.47. The van der Waals surface area contributed by atoms with Gasteiger partial charge in [-0.05, 0) is 101 Å². The molecular weight excluding hydrogens is 1090 g/mol. The number of hydrogen-bond donors (Lipinski definition) is 0. The second kappa shape index (κ2) is 20.6. The van der Waals surface area contributed by atoms with Crippen molar-refractivity contribution < 1.29 is 52.7 Å². The third kappa shape index (κ3) is 10.6. The van der Waals surface area contributed by atoms with Gasteiger partial charge >= 0.3 is 24.7 Å². The molecular formula is C66H37F12N5. The number of nitrogens with zero attached hydrogens (tertiary/aromatic N) is 5. The van der Waals surface area contributed by atoms with Crippen LogP contribution in [0.25, 0.3) is 118 Å². The van der Waals surface area contributed by atoms with Gasteiger partial charge in [0.2, 0.25) is 0 Å². The summed E-state index contributed by atoms with van der Waals surface area (Å²) in [5, 5.41) is 0.219. The van der Waals surface area contributed by atoms with Gasteiger partial charge in [-0.3, -0.25) is 0 Å². The zero-order valence-corrected chi connectivity index (χ0v) is 42.6. The molecule has 0 saturated carbocycles. The highest BCUT2D eigenvalue weighted by molar-refractivity contribution is 6.12. The van der Waals surface area contributed by atoms with Crippen LogP contribution < -0.4 is 0 Å². The first-order valence-electron chi connectivity index (χ1n) is 25.5. The number of fused-ring (bicyclic) bond motifs is 3. The van der Waals surface area contributed by atoms with E-state index in [0.717, 1.165) is 22.3 Å². The van der Waals surface area contributed by atoms with Gasteiger partial charge in [-0.25, -0.2) is 19.9 Å². The van der Waals surface area contributed by atoms with Crippen LogP contribution in [0.2, 0.25) is 0 Å². The Morgan fingerprint density at radius 1 is 0.265 bits per heavy atom. The first-order chi connectivity index (χ1) is 39.7. The number of halogens is 12. The number of benzene rings is 9. The smallest absolute Gasteiger partial charge is 0.308 e. The van der Waals surface area contributed by atoms with Gasteiger partial charge in [0.1, 0.15) is 0 Å². The summed E-state index contributed by atoms with van der Waals surface area (Å²) in [6.45, 7) is 0. The minimum Gasteiger partial charge on any atom is -0.308 e. The molecule has 83 heavy (non-hydrogen) atoms. The Bertz CT molecular complexity index is 4170. The molecule has 0 atom stereocenters. The van der Waals surface area contributed by atoms with Gasteiger partial charge in [0, 0.05) is 44.2 Å². The van der Waals surface area contributed by atoms with E-state index in [-0.39, 0.29) is 56.7 Å². The summed E-state index contributed by atoms with van der Waals surface area (Å²) in [6.07, 6.45) is -20.9. The van der Waals surface area contributed by atoms with E-state index in [2.05, 4.69) is 0 Å². The fourth-order valence-electron chi connectivity index (χ4n) is 10.3. The van der Waals surface area contributed by atoms with Gasteiger partial charge in [-0.2, -0.15) is 52.7 Å². The van der Waals surface area contributed by atoms with Crippen molar-refractivity contribution >= 4 is 21.8 Å². The molecule has 410 valence electrons. The third-order valence-electron chi connectivity index (χ3n) is 14.2. The SMILES string of the molecule is FC(F)(F)c1ccc(-c2ccc3c(c2)c2cc(-c4ccc(C(F)(F)F)cc4C(F)(F)F)ccc2n3-c2ccc(-c3nc(-c4ccccc4)cc(-c4ccccc4)n3)cc2-c2nc(-c3ccccc3)cc(-c3ccccc3)n2)c(C(F)(F)F)c1. The highest BCUT2D eigenvalue weighted by Gasteiger charge is 2.40. The number of hydrogen-bond acceptors (Lipinski definition) is 4.